The topological polar surface area (TPSA) is 82.4 Å². The molecular weight excluding hydrogens is 354 g/mol. The molecular formula is C17H21N5O3S. The molecule has 1 amide bonds. The molecule has 1 aliphatic heterocycles. The molecule has 8 nitrogen and oxygen atoms in total. The number of fused-ring (bicyclic) bond motifs is 1. The lowest BCUT2D eigenvalue weighted by Crippen LogP contribution is -2.37. The molecule has 26 heavy (non-hydrogen) atoms. The third-order valence-electron chi connectivity index (χ3n) is 4.75. The monoisotopic (exact) mass is 375 g/mol. The first-order valence-corrected chi connectivity index (χ1v) is 9.60. The lowest BCUT2D eigenvalue weighted by Gasteiger charge is -2.29. The first-order chi connectivity index (χ1) is 12.7. The van der Waals surface area contributed by atoms with Gasteiger partial charge in [0.2, 0.25) is 11.1 Å². The van der Waals surface area contributed by atoms with E-state index in [0.29, 0.717) is 30.6 Å². The van der Waals surface area contributed by atoms with Crippen molar-refractivity contribution in [2.45, 2.75) is 37.0 Å². The lowest BCUT2D eigenvalue weighted by atomic mass is 9.99. The standard InChI is InChI=1S/C17H21N5O3S/c1-24-14-7-11-5-6-21(9-12(11)8-15(14)25-2)16(23)10-26-17-18-19-20-22(17)13-3-4-13/h7-8,13H,3-6,9-10H2,1-2H3. The van der Waals surface area contributed by atoms with Crippen LogP contribution in [0.15, 0.2) is 17.3 Å². The van der Waals surface area contributed by atoms with E-state index in [1.54, 1.807) is 14.2 Å². The van der Waals surface area contributed by atoms with E-state index in [-0.39, 0.29) is 5.91 Å². The number of tetrazole rings is 1. The predicted molar refractivity (Wildman–Crippen MR) is 95.5 cm³/mol. The summed E-state index contributed by atoms with van der Waals surface area (Å²) < 4.78 is 12.6. The zero-order chi connectivity index (χ0) is 18.1. The van der Waals surface area contributed by atoms with Gasteiger partial charge in [0.1, 0.15) is 0 Å². The number of hydrogen-bond acceptors (Lipinski definition) is 7. The molecule has 0 N–H and O–H groups in total. The van der Waals surface area contributed by atoms with Crippen molar-refractivity contribution in [3.63, 3.8) is 0 Å². The minimum atomic E-state index is 0.0979. The summed E-state index contributed by atoms with van der Waals surface area (Å²) >= 11 is 1.41. The molecule has 1 aliphatic carbocycles. The molecule has 138 valence electrons. The minimum absolute atomic E-state index is 0.0979. The molecule has 0 spiro atoms. The Morgan fingerprint density at radius 2 is 1.96 bits per heavy atom. The van der Waals surface area contributed by atoms with Crippen molar-refractivity contribution in [3.8, 4) is 11.5 Å². The van der Waals surface area contributed by atoms with Crippen LogP contribution in [0.5, 0.6) is 11.5 Å². The van der Waals surface area contributed by atoms with Gasteiger partial charge < -0.3 is 14.4 Å². The summed E-state index contributed by atoms with van der Waals surface area (Å²) in [4.78, 5) is 14.5. The van der Waals surface area contributed by atoms with E-state index in [1.165, 1.54) is 17.3 Å². The first-order valence-electron chi connectivity index (χ1n) is 8.62. The summed E-state index contributed by atoms with van der Waals surface area (Å²) in [7, 11) is 3.26. The van der Waals surface area contributed by atoms with Gasteiger partial charge in [0.05, 0.1) is 26.0 Å². The van der Waals surface area contributed by atoms with Crippen molar-refractivity contribution in [2.75, 3.05) is 26.5 Å². The van der Waals surface area contributed by atoms with Gasteiger partial charge in [-0.1, -0.05) is 11.8 Å². The molecule has 0 radical (unpaired) electrons. The Hall–Kier alpha value is -2.29. The fraction of sp³-hybridized carbons (Fsp3) is 0.529. The van der Waals surface area contributed by atoms with Crippen molar-refractivity contribution in [2.24, 2.45) is 0 Å². The fourth-order valence-electron chi connectivity index (χ4n) is 3.14. The van der Waals surface area contributed by atoms with E-state index in [4.69, 9.17) is 9.47 Å². The maximum absolute atomic E-state index is 12.6. The summed E-state index contributed by atoms with van der Waals surface area (Å²) in [5.74, 6) is 1.86. The Bertz CT molecular complexity index is 821. The highest BCUT2D eigenvalue weighted by Crippen LogP contribution is 2.36. The van der Waals surface area contributed by atoms with Crippen LogP contribution in [0.2, 0.25) is 0 Å². The van der Waals surface area contributed by atoms with Crippen LogP contribution in [0.1, 0.15) is 30.0 Å². The number of benzene rings is 1. The normalized spacial score (nSPS) is 16.3. The van der Waals surface area contributed by atoms with E-state index >= 15 is 0 Å². The number of amides is 1. The second-order valence-corrected chi connectivity index (χ2v) is 7.41. The SMILES string of the molecule is COc1cc2c(cc1OC)CN(C(=O)CSc1nnnn1C1CC1)CC2. The predicted octanol–water partition coefficient (Wildman–Crippen LogP) is 1.70. The Kier molecular flexibility index (Phi) is 4.71. The number of aromatic nitrogens is 4. The average Bonchev–Trinajstić information content (AvgIpc) is 3.42. The summed E-state index contributed by atoms with van der Waals surface area (Å²) in [6.07, 6.45) is 3.04. The maximum Gasteiger partial charge on any atom is 0.233 e. The number of nitrogens with zero attached hydrogens (tertiary/aromatic N) is 5. The van der Waals surface area contributed by atoms with Crippen molar-refractivity contribution in [1.29, 1.82) is 0 Å². The third-order valence-corrected chi connectivity index (χ3v) is 5.67. The summed E-state index contributed by atoms with van der Waals surface area (Å²) in [6, 6.07) is 4.38. The highest BCUT2D eigenvalue weighted by Gasteiger charge is 2.29. The molecule has 1 aromatic carbocycles. The van der Waals surface area contributed by atoms with Crippen LogP contribution in [0.4, 0.5) is 0 Å². The zero-order valence-electron chi connectivity index (χ0n) is 14.8. The van der Waals surface area contributed by atoms with Gasteiger partial charge in [0, 0.05) is 13.1 Å². The summed E-state index contributed by atoms with van der Waals surface area (Å²) in [5, 5.41) is 12.5. The Morgan fingerprint density at radius 1 is 1.23 bits per heavy atom. The molecule has 1 fully saturated rings. The molecule has 0 bridgehead atoms. The lowest BCUT2D eigenvalue weighted by molar-refractivity contribution is -0.129. The quantitative estimate of drug-likeness (QED) is 0.711. The van der Waals surface area contributed by atoms with Gasteiger partial charge in [-0.05, 0) is 52.9 Å². The number of carbonyl (C=O) groups excluding carboxylic acids is 1. The maximum atomic E-state index is 12.6. The van der Waals surface area contributed by atoms with E-state index in [9.17, 15) is 4.79 Å². The van der Waals surface area contributed by atoms with Crippen LogP contribution in [0.3, 0.4) is 0 Å². The molecule has 2 heterocycles. The van der Waals surface area contributed by atoms with E-state index < -0.39 is 0 Å². The second kappa shape index (κ2) is 7.14. The van der Waals surface area contributed by atoms with Gasteiger partial charge in [-0.25, -0.2) is 4.68 Å². The smallest absolute Gasteiger partial charge is 0.233 e. The molecule has 1 aromatic heterocycles. The molecule has 1 saturated carbocycles. The van der Waals surface area contributed by atoms with Crippen LogP contribution in [0, 0.1) is 0 Å². The summed E-state index contributed by atoms with van der Waals surface area (Å²) in [6.45, 7) is 1.29. The Balaban J connectivity index is 1.41. The number of thioether (sulfide) groups is 1. The van der Waals surface area contributed by atoms with Gasteiger partial charge in [-0.15, -0.1) is 5.10 Å². The van der Waals surface area contributed by atoms with Gasteiger partial charge >= 0.3 is 0 Å². The van der Waals surface area contributed by atoms with Crippen LogP contribution < -0.4 is 9.47 Å². The molecule has 2 aromatic rings. The number of methoxy groups -OCH3 is 2. The van der Waals surface area contributed by atoms with Crippen LogP contribution in [-0.2, 0) is 17.8 Å². The van der Waals surface area contributed by atoms with Crippen molar-refractivity contribution < 1.29 is 14.3 Å². The van der Waals surface area contributed by atoms with Gasteiger partial charge in [0.25, 0.3) is 0 Å². The zero-order valence-corrected chi connectivity index (χ0v) is 15.7. The van der Waals surface area contributed by atoms with Gasteiger partial charge in [-0.3, -0.25) is 4.79 Å². The fourth-order valence-corrected chi connectivity index (χ4v) is 3.99. The highest BCUT2D eigenvalue weighted by atomic mass is 32.2. The Morgan fingerprint density at radius 3 is 2.65 bits per heavy atom. The Labute approximate surface area is 155 Å². The number of hydrogen-bond donors (Lipinski definition) is 0. The van der Waals surface area contributed by atoms with E-state index in [0.717, 1.165) is 35.7 Å². The molecule has 2 aliphatic rings. The number of carbonyl (C=O) groups is 1. The molecule has 0 saturated heterocycles. The van der Waals surface area contributed by atoms with Crippen LogP contribution >= 0.6 is 11.8 Å². The molecule has 0 atom stereocenters. The largest absolute Gasteiger partial charge is 0.493 e. The molecule has 9 heteroatoms. The number of rotatable bonds is 6. The van der Waals surface area contributed by atoms with Crippen molar-refractivity contribution >= 4 is 17.7 Å². The van der Waals surface area contributed by atoms with Crippen molar-refractivity contribution in [1.82, 2.24) is 25.1 Å². The van der Waals surface area contributed by atoms with Gasteiger partial charge in [0.15, 0.2) is 11.5 Å². The average molecular weight is 375 g/mol. The minimum Gasteiger partial charge on any atom is -0.493 e. The van der Waals surface area contributed by atoms with E-state index in [1.807, 2.05) is 21.7 Å². The van der Waals surface area contributed by atoms with Gasteiger partial charge in [-0.2, -0.15) is 0 Å². The number of ether oxygens (including phenoxy) is 2. The summed E-state index contributed by atoms with van der Waals surface area (Å²) in [5.41, 5.74) is 2.31. The third kappa shape index (κ3) is 3.35. The van der Waals surface area contributed by atoms with Crippen LogP contribution in [-0.4, -0.2) is 57.5 Å². The highest BCUT2D eigenvalue weighted by molar-refractivity contribution is 7.99. The second-order valence-electron chi connectivity index (χ2n) is 6.47. The molecule has 0 unspecified atom stereocenters. The van der Waals surface area contributed by atoms with Crippen LogP contribution in [0.25, 0.3) is 0 Å². The van der Waals surface area contributed by atoms with E-state index in [2.05, 4.69) is 15.5 Å². The first kappa shape index (κ1) is 17.1. The van der Waals surface area contributed by atoms with Crippen molar-refractivity contribution in [3.05, 3.63) is 23.3 Å². The molecule has 4 rings (SSSR count).